The van der Waals surface area contributed by atoms with Gasteiger partial charge in [-0.3, -0.25) is 14.4 Å². The molecule has 1 aromatic rings. The predicted molar refractivity (Wildman–Crippen MR) is 83.3 cm³/mol. The number of rotatable bonds is 6. The molecule has 0 aliphatic carbocycles. The number of carboxylic acid groups (broad SMARTS) is 1. The van der Waals surface area contributed by atoms with E-state index in [1.165, 1.54) is 11.8 Å². The minimum Gasteiger partial charge on any atom is -0.492 e. The average molecular weight is 320 g/mol. The summed E-state index contributed by atoms with van der Waals surface area (Å²) in [5.41, 5.74) is 0.626. The SMILES string of the molecule is CCOc1ccccc1N1C[C@H](C(=O)N[C@@H](C)C(=O)O)CC1=O. The number of hydrogen-bond acceptors (Lipinski definition) is 4. The van der Waals surface area contributed by atoms with Crippen molar-refractivity contribution < 1.29 is 24.2 Å². The number of nitrogens with zero attached hydrogens (tertiary/aromatic N) is 1. The quantitative estimate of drug-likeness (QED) is 0.816. The van der Waals surface area contributed by atoms with Gasteiger partial charge >= 0.3 is 5.97 Å². The number of hydrogen-bond donors (Lipinski definition) is 2. The van der Waals surface area contributed by atoms with Crippen molar-refractivity contribution in [2.24, 2.45) is 5.92 Å². The highest BCUT2D eigenvalue weighted by Gasteiger charge is 2.37. The maximum atomic E-state index is 12.2. The zero-order chi connectivity index (χ0) is 17.0. The van der Waals surface area contributed by atoms with Crippen LogP contribution in [0.3, 0.4) is 0 Å². The van der Waals surface area contributed by atoms with E-state index in [9.17, 15) is 14.4 Å². The number of amides is 2. The molecular weight excluding hydrogens is 300 g/mol. The molecule has 0 radical (unpaired) electrons. The number of anilines is 1. The lowest BCUT2D eigenvalue weighted by molar-refractivity contribution is -0.141. The Bertz CT molecular complexity index is 616. The third kappa shape index (κ3) is 3.80. The monoisotopic (exact) mass is 320 g/mol. The van der Waals surface area contributed by atoms with Crippen LogP contribution in [0.1, 0.15) is 20.3 Å². The van der Waals surface area contributed by atoms with E-state index in [-0.39, 0.29) is 18.9 Å². The molecule has 124 valence electrons. The van der Waals surface area contributed by atoms with Crippen LogP contribution in [-0.2, 0) is 14.4 Å². The second-order valence-corrected chi connectivity index (χ2v) is 5.37. The Hall–Kier alpha value is -2.57. The van der Waals surface area contributed by atoms with E-state index < -0.39 is 23.8 Å². The Labute approximate surface area is 134 Å². The normalized spacial score (nSPS) is 18.6. The molecule has 2 amide bonds. The summed E-state index contributed by atoms with van der Waals surface area (Å²) in [5, 5.41) is 11.2. The summed E-state index contributed by atoms with van der Waals surface area (Å²) in [6.45, 7) is 3.92. The molecule has 0 bridgehead atoms. The number of benzene rings is 1. The van der Waals surface area contributed by atoms with Crippen LogP contribution in [-0.4, -0.2) is 42.1 Å². The lowest BCUT2D eigenvalue weighted by atomic mass is 10.1. The molecule has 7 nitrogen and oxygen atoms in total. The summed E-state index contributed by atoms with van der Waals surface area (Å²) in [5.74, 6) is -1.70. The van der Waals surface area contributed by atoms with Crippen molar-refractivity contribution in [1.29, 1.82) is 0 Å². The predicted octanol–water partition coefficient (Wildman–Crippen LogP) is 1.03. The molecule has 1 aliphatic heterocycles. The third-order valence-electron chi connectivity index (χ3n) is 3.68. The first-order chi connectivity index (χ1) is 10.9. The lowest BCUT2D eigenvalue weighted by Crippen LogP contribution is -2.42. The van der Waals surface area contributed by atoms with Crippen LogP contribution >= 0.6 is 0 Å². The van der Waals surface area contributed by atoms with Gasteiger partial charge in [-0.1, -0.05) is 12.1 Å². The van der Waals surface area contributed by atoms with Gasteiger partial charge in [-0.05, 0) is 26.0 Å². The number of carbonyl (C=O) groups is 3. The molecule has 0 saturated carbocycles. The Morgan fingerprint density at radius 2 is 2.13 bits per heavy atom. The van der Waals surface area contributed by atoms with Crippen LogP contribution in [0.15, 0.2) is 24.3 Å². The molecule has 1 aromatic carbocycles. The minimum absolute atomic E-state index is 0.0542. The van der Waals surface area contributed by atoms with Crippen LogP contribution in [0.25, 0.3) is 0 Å². The Balaban J connectivity index is 2.11. The summed E-state index contributed by atoms with van der Waals surface area (Å²) in [6.07, 6.45) is 0.0542. The van der Waals surface area contributed by atoms with E-state index in [1.54, 1.807) is 18.2 Å². The molecule has 2 N–H and O–H groups in total. The molecular formula is C16H20N2O5. The molecule has 0 aromatic heterocycles. The summed E-state index contributed by atoms with van der Waals surface area (Å²) in [6, 6.07) is 6.16. The molecule has 1 saturated heterocycles. The van der Waals surface area contributed by atoms with Gasteiger partial charge in [0.15, 0.2) is 0 Å². The molecule has 0 unspecified atom stereocenters. The van der Waals surface area contributed by atoms with Gasteiger partial charge < -0.3 is 20.1 Å². The van der Waals surface area contributed by atoms with E-state index in [1.807, 2.05) is 13.0 Å². The van der Waals surface area contributed by atoms with Crippen LogP contribution < -0.4 is 15.0 Å². The maximum absolute atomic E-state index is 12.2. The smallest absolute Gasteiger partial charge is 0.325 e. The molecule has 2 rings (SSSR count). The fraction of sp³-hybridized carbons (Fsp3) is 0.438. The highest BCUT2D eigenvalue weighted by atomic mass is 16.5. The number of carboxylic acids is 1. The molecule has 1 heterocycles. The zero-order valence-corrected chi connectivity index (χ0v) is 13.1. The summed E-state index contributed by atoms with van der Waals surface area (Å²) >= 11 is 0. The first-order valence-electron chi connectivity index (χ1n) is 7.49. The standard InChI is InChI=1S/C16H20N2O5/c1-3-23-13-7-5-4-6-12(13)18-9-11(8-14(18)19)15(20)17-10(2)16(21)22/h4-7,10-11H,3,8-9H2,1-2H3,(H,17,20)(H,21,22)/t10-,11+/m0/s1. The van der Waals surface area contributed by atoms with E-state index >= 15 is 0 Å². The second kappa shape index (κ2) is 7.13. The van der Waals surface area contributed by atoms with Gasteiger partial charge in [0.25, 0.3) is 0 Å². The van der Waals surface area contributed by atoms with Gasteiger partial charge in [0.2, 0.25) is 11.8 Å². The second-order valence-electron chi connectivity index (χ2n) is 5.37. The van der Waals surface area contributed by atoms with Gasteiger partial charge in [0.1, 0.15) is 11.8 Å². The van der Waals surface area contributed by atoms with Crippen LogP contribution in [0, 0.1) is 5.92 Å². The first-order valence-corrected chi connectivity index (χ1v) is 7.49. The highest BCUT2D eigenvalue weighted by molar-refractivity contribution is 6.01. The third-order valence-corrected chi connectivity index (χ3v) is 3.68. The highest BCUT2D eigenvalue weighted by Crippen LogP contribution is 2.33. The van der Waals surface area contributed by atoms with Crippen molar-refractivity contribution in [2.45, 2.75) is 26.3 Å². The number of nitrogens with one attached hydrogen (secondary N) is 1. The number of carbonyl (C=O) groups excluding carboxylic acids is 2. The van der Waals surface area contributed by atoms with Crippen molar-refractivity contribution >= 4 is 23.5 Å². The fourth-order valence-corrected chi connectivity index (χ4v) is 2.47. The molecule has 1 aliphatic rings. The van der Waals surface area contributed by atoms with Gasteiger partial charge in [-0.2, -0.15) is 0 Å². The summed E-state index contributed by atoms with van der Waals surface area (Å²) in [7, 11) is 0. The van der Waals surface area contributed by atoms with Crippen molar-refractivity contribution in [2.75, 3.05) is 18.1 Å². The summed E-state index contributed by atoms with van der Waals surface area (Å²) < 4.78 is 5.52. The molecule has 0 spiro atoms. The fourth-order valence-electron chi connectivity index (χ4n) is 2.47. The average Bonchev–Trinajstić information content (AvgIpc) is 2.90. The van der Waals surface area contributed by atoms with Crippen molar-refractivity contribution in [3.05, 3.63) is 24.3 Å². The van der Waals surface area contributed by atoms with E-state index in [2.05, 4.69) is 5.32 Å². The molecule has 2 atom stereocenters. The topological polar surface area (TPSA) is 95.9 Å². The Kier molecular flexibility index (Phi) is 5.20. The number of ether oxygens (including phenoxy) is 1. The van der Waals surface area contributed by atoms with Crippen molar-refractivity contribution in [3.63, 3.8) is 0 Å². The van der Waals surface area contributed by atoms with Gasteiger partial charge in [-0.15, -0.1) is 0 Å². The first kappa shape index (κ1) is 16.8. The molecule has 23 heavy (non-hydrogen) atoms. The molecule has 7 heteroatoms. The van der Waals surface area contributed by atoms with Gasteiger partial charge in [0, 0.05) is 13.0 Å². The summed E-state index contributed by atoms with van der Waals surface area (Å²) in [4.78, 5) is 36.7. The Morgan fingerprint density at radius 3 is 2.78 bits per heavy atom. The van der Waals surface area contributed by atoms with Crippen LogP contribution in [0.4, 0.5) is 5.69 Å². The van der Waals surface area contributed by atoms with Crippen molar-refractivity contribution in [1.82, 2.24) is 5.32 Å². The zero-order valence-electron chi connectivity index (χ0n) is 13.1. The Morgan fingerprint density at radius 1 is 1.43 bits per heavy atom. The van der Waals surface area contributed by atoms with Gasteiger partial charge in [0.05, 0.1) is 18.2 Å². The number of para-hydroxylation sites is 2. The van der Waals surface area contributed by atoms with E-state index in [0.29, 0.717) is 18.0 Å². The van der Waals surface area contributed by atoms with Gasteiger partial charge in [-0.25, -0.2) is 0 Å². The van der Waals surface area contributed by atoms with Crippen LogP contribution in [0.5, 0.6) is 5.75 Å². The lowest BCUT2D eigenvalue weighted by Gasteiger charge is -2.20. The molecule has 1 fully saturated rings. The minimum atomic E-state index is -1.11. The number of aliphatic carboxylic acids is 1. The van der Waals surface area contributed by atoms with E-state index in [0.717, 1.165) is 0 Å². The largest absolute Gasteiger partial charge is 0.492 e. The van der Waals surface area contributed by atoms with Crippen LogP contribution in [0.2, 0.25) is 0 Å². The van der Waals surface area contributed by atoms with Crippen molar-refractivity contribution in [3.8, 4) is 5.75 Å². The maximum Gasteiger partial charge on any atom is 0.325 e. The van der Waals surface area contributed by atoms with E-state index in [4.69, 9.17) is 9.84 Å².